The zero-order chi connectivity index (χ0) is 15.2. The standard InChI is InChI=1S/C8H2ClF6IO2S/c9-19(17,18)6-4(8(13,14)15)1-3(2-5(6)16)7(10,11)12/h1-2H. The monoisotopic (exact) mass is 438 g/mol. The molecule has 0 unspecified atom stereocenters. The topological polar surface area (TPSA) is 34.1 Å². The van der Waals surface area contributed by atoms with Crippen LogP contribution in [0, 0.1) is 3.57 Å². The summed E-state index contributed by atoms with van der Waals surface area (Å²) in [6, 6.07) is 0.00247. The van der Waals surface area contributed by atoms with Gasteiger partial charge in [-0.1, -0.05) is 0 Å². The predicted octanol–water partition coefficient (Wildman–Crippen LogP) is 4.26. The Bertz CT molecular complexity index is 607. The second-order valence-electron chi connectivity index (χ2n) is 3.27. The maximum atomic E-state index is 12.6. The summed E-state index contributed by atoms with van der Waals surface area (Å²) in [6.07, 6.45) is -10.3. The van der Waals surface area contributed by atoms with Crippen molar-refractivity contribution < 1.29 is 34.8 Å². The van der Waals surface area contributed by atoms with E-state index in [0.717, 1.165) is 22.6 Å². The van der Waals surface area contributed by atoms with Crippen molar-refractivity contribution in [3.8, 4) is 0 Å². The fraction of sp³-hybridized carbons (Fsp3) is 0.250. The van der Waals surface area contributed by atoms with Gasteiger partial charge in [-0.3, -0.25) is 0 Å². The lowest BCUT2D eigenvalue weighted by molar-refractivity contribution is -0.144. The SMILES string of the molecule is O=S(=O)(Cl)c1c(I)cc(C(F)(F)F)cc1C(F)(F)F. The normalized spacial score (nSPS) is 13.7. The molecule has 19 heavy (non-hydrogen) atoms. The van der Waals surface area contributed by atoms with E-state index in [-0.39, 0.29) is 12.1 Å². The first-order chi connectivity index (χ1) is 8.24. The van der Waals surface area contributed by atoms with Crippen molar-refractivity contribution in [3.05, 3.63) is 26.8 Å². The number of rotatable bonds is 1. The van der Waals surface area contributed by atoms with Gasteiger partial charge in [0.2, 0.25) is 0 Å². The molecule has 0 saturated heterocycles. The van der Waals surface area contributed by atoms with Crippen molar-refractivity contribution in [1.82, 2.24) is 0 Å². The maximum absolute atomic E-state index is 12.6. The van der Waals surface area contributed by atoms with Crippen molar-refractivity contribution in [1.29, 1.82) is 0 Å². The first kappa shape index (κ1) is 16.8. The van der Waals surface area contributed by atoms with E-state index in [1.54, 1.807) is 0 Å². The molecule has 0 aliphatic rings. The predicted molar refractivity (Wildman–Crippen MR) is 62.2 cm³/mol. The van der Waals surface area contributed by atoms with E-state index < -0.39 is 41.0 Å². The molecular formula is C8H2ClF6IO2S. The van der Waals surface area contributed by atoms with Crippen molar-refractivity contribution in [3.63, 3.8) is 0 Å². The molecule has 0 amide bonds. The minimum Gasteiger partial charge on any atom is -0.207 e. The molecule has 0 N–H and O–H groups in total. The summed E-state index contributed by atoms with van der Waals surface area (Å²) in [7, 11) is -0.00436. The molecular weight excluding hydrogens is 436 g/mol. The van der Waals surface area contributed by atoms with Gasteiger partial charge in [-0.15, -0.1) is 0 Å². The van der Waals surface area contributed by atoms with Crippen molar-refractivity contribution in [2.24, 2.45) is 0 Å². The Morgan fingerprint density at radius 3 is 1.79 bits per heavy atom. The van der Waals surface area contributed by atoms with Crippen LogP contribution in [0.4, 0.5) is 26.3 Å². The molecule has 0 fully saturated rings. The zero-order valence-electron chi connectivity index (χ0n) is 8.40. The molecule has 1 aromatic carbocycles. The summed E-state index contributed by atoms with van der Waals surface area (Å²) in [4.78, 5) is -1.38. The van der Waals surface area contributed by atoms with Crippen LogP contribution in [0.1, 0.15) is 11.1 Å². The molecule has 0 bridgehead atoms. The van der Waals surface area contributed by atoms with Gasteiger partial charge in [0.15, 0.2) is 0 Å². The quantitative estimate of drug-likeness (QED) is 0.373. The van der Waals surface area contributed by atoms with Crippen molar-refractivity contribution >= 4 is 42.3 Å². The number of halogens is 8. The smallest absolute Gasteiger partial charge is 0.207 e. The molecule has 0 aliphatic carbocycles. The van der Waals surface area contributed by atoms with Crippen LogP contribution in [0.15, 0.2) is 17.0 Å². The number of benzene rings is 1. The van der Waals surface area contributed by atoms with Crippen LogP contribution in [-0.4, -0.2) is 8.42 Å². The van der Waals surface area contributed by atoms with E-state index >= 15 is 0 Å². The molecule has 11 heteroatoms. The average molecular weight is 439 g/mol. The second kappa shape index (κ2) is 4.95. The van der Waals surface area contributed by atoms with E-state index in [0.29, 0.717) is 0 Å². The Labute approximate surface area is 121 Å². The van der Waals surface area contributed by atoms with Gasteiger partial charge in [-0.25, -0.2) is 8.42 Å². The summed E-state index contributed by atoms with van der Waals surface area (Å²) >= 11 is 1.05. The number of hydrogen-bond donors (Lipinski definition) is 0. The average Bonchev–Trinajstić information content (AvgIpc) is 2.11. The molecule has 1 rings (SSSR count). The van der Waals surface area contributed by atoms with E-state index in [1.807, 2.05) is 0 Å². The highest BCUT2D eigenvalue weighted by Crippen LogP contribution is 2.41. The van der Waals surface area contributed by atoms with Crippen molar-refractivity contribution in [2.75, 3.05) is 0 Å². The van der Waals surface area contributed by atoms with Crippen LogP contribution >= 0.6 is 33.3 Å². The molecule has 0 radical (unpaired) electrons. The minimum absolute atomic E-state index is 0.280. The fourth-order valence-electron chi connectivity index (χ4n) is 1.22. The molecule has 1 aromatic rings. The molecule has 108 valence electrons. The van der Waals surface area contributed by atoms with E-state index in [1.165, 1.54) is 0 Å². The minimum atomic E-state index is -5.28. The summed E-state index contributed by atoms with van der Waals surface area (Å²) in [5, 5.41) is 0. The van der Waals surface area contributed by atoms with Crippen LogP contribution in [-0.2, 0) is 21.4 Å². The van der Waals surface area contributed by atoms with Crippen LogP contribution in [0.25, 0.3) is 0 Å². The number of hydrogen-bond acceptors (Lipinski definition) is 2. The van der Waals surface area contributed by atoms with Gasteiger partial charge >= 0.3 is 12.4 Å². The molecule has 0 saturated carbocycles. The van der Waals surface area contributed by atoms with Crippen LogP contribution in [0.2, 0.25) is 0 Å². The van der Waals surface area contributed by atoms with Gasteiger partial charge < -0.3 is 0 Å². The zero-order valence-corrected chi connectivity index (χ0v) is 12.1. The summed E-state index contributed by atoms with van der Waals surface area (Å²) in [5.41, 5.74) is -3.55. The first-order valence-electron chi connectivity index (χ1n) is 4.17. The van der Waals surface area contributed by atoms with Crippen LogP contribution < -0.4 is 0 Å². The molecule has 0 spiro atoms. The fourth-order valence-corrected chi connectivity index (χ4v) is 4.33. The summed E-state index contributed by atoms with van der Waals surface area (Å²) < 4.78 is 96.5. The van der Waals surface area contributed by atoms with Gasteiger partial charge in [0.1, 0.15) is 4.90 Å². The van der Waals surface area contributed by atoms with Gasteiger partial charge in [-0.2, -0.15) is 26.3 Å². The molecule has 0 aliphatic heterocycles. The third kappa shape index (κ3) is 3.88. The highest BCUT2D eigenvalue weighted by Gasteiger charge is 2.42. The highest BCUT2D eigenvalue weighted by molar-refractivity contribution is 14.1. The van der Waals surface area contributed by atoms with Gasteiger partial charge in [-0.05, 0) is 34.7 Å². The lowest BCUT2D eigenvalue weighted by atomic mass is 10.1. The first-order valence-corrected chi connectivity index (χ1v) is 7.56. The van der Waals surface area contributed by atoms with Crippen LogP contribution in [0.5, 0.6) is 0 Å². The lowest BCUT2D eigenvalue weighted by Crippen LogP contribution is -2.16. The third-order valence-electron chi connectivity index (χ3n) is 1.92. The summed E-state index contributed by atoms with van der Waals surface area (Å²) in [6.45, 7) is 0. The molecule has 0 heterocycles. The number of alkyl halides is 6. The van der Waals surface area contributed by atoms with Crippen LogP contribution in [0.3, 0.4) is 0 Å². The second-order valence-corrected chi connectivity index (χ2v) is 6.93. The highest BCUT2D eigenvalue weighted by atomic mass is 127. The summed E-state index contributed by atoms with van der Waals surface area (Å²) in [5.74, 6) is 0. The molecule has 0 atom stereocenters. The van der Waals surface area contributed by atoms with Gasteiger partial charge in [0.25, 0.3) is 9.05 Å². The van der Waals surface area contributed by atoms with E-state index in [9.17, 15) is 34.8 Å². The Kier molecular flexibility index (Phi) is 4.38. The third-order valence-corrected chi connectivity index (χ3v) is 4.53. The molecule has 0 aromatic heterocycles. The Hall–Kier alpha value is -0.230. The van der Waals surface area contributed by atoms with E-state index in [4.69, 9.17) is 10.7 Å². The molecule has 2 nitrogen and oxygen atoms in total. The van der Waals surface area contributed by atoms with Gasteiger partial charge in [0, 0.05) is 14.3 Å². The Morgan fingerprint density at radius 1 is 1.00 bits per heavy atom. The maximum Gasteiger partial charge on any atom is 0.417 e. The Morgan fingerprint density at radius 2 is 1.47 bits per heavy atom. The lowest BCUT2D eigenvalue weighted by Gasteiger charge is -2.15. The van der Waals surface area contributed by atoms with Crippen molar-refractivity contribution in [2.45, 2.75) is 17.2 Å². The van der Waals surface area contributed by atoms with E-state index in [2.05, 4.69) is 0 Å². The Balaban J connectivity index is 3.79. The van der Waals surface area contributed by atoms with Gasteiger partial charge in [0.05, 0.1) is 11.1 Å². The largest absolute Gasteiger partial charge is 0.417 e.